The van der Waals surface area contributed by atoms with Gasteiger partial charge >= 0.3 is 12.0 Å². The van der Waals surface area contributed by atoms with E-state index >= 15 is 0 Å². The normalized spacial score (nSPS) is 10.0. The molecule has 1 aromatic rings. The summed E-state index contributed by atoms with van der Waals surface area (Å²) in [5, 5.41) is 2.81. The molecule has 1 rings (SSSR count). The van der Waals surface area contributed by atoms with Crippen LogP contribution in [0.5, 0.6) is 0 Å². The van der Waals surface area contributed by atoms with E-state index in [1.807, 2.05) is 13.8 Å². The number of urea groups is 1. The molecule has 0 atom stereocenters. The van der Waals surface area contributed by atoms with E-state index in [-0.39, 0.29) is 6.03 Å². The topological polar surface area (TPSA) is 58.6 Å². The second-order valence-electron chi connectivity index (χ2n) is 4.68. The molecule has 0 aromatic heterocycles. The molecule has 116 valence electrons. The molecule has 0 saturated heterocycles. The van der Waals surface area contributed by atoms with E-state index in [1.165, 1.54) is 0 Å². The van der Waals surface area contributed by atoms with E-state index < -0.39 is 5.97 Å². The average Bonchev–Trinajstić information content (AvgIpc) is 2.47. The fourth-order valence-electron chi connectivity index (χ4n) is 2.03. The van der Waals surface area contributed by atoms with E-state index in [0.717, 1.165) is 12.8 Å². The second-order valence-corrected chi connectivity index (χ2v) is 4.68. The van der Waals surface area contributed by atoms with Crippen LogP contribution in [0.25, 0.3) is 0 Å². The van der Waals surface area contributed by atoms with Crippen molar-refractivity contribution in [1.29, 1.82) is 0 Å². The zero-order valence-electron chi connectivity index (χ0n) is 13.0. The number of rotatable bonds is 7. The van der Waals surface area contributed by atoms with Crippen LogP contribution >= 0.6 is 0 Å². The molecule has 5 nitrogen and oxygen atoms in total. The number of carbonyl (C=O) groups is 2. The van der Waals surface area contributed by atoms with Gasteiger partial charge in [0.15, 0.2) is 0 Å². The molecule has 0 spiro atoms. The highest BCUT2D eigenvalue weighted by molar-refractivity contribution is 6.00. The highest BCUT2D eigenvalue weighted by atomic mass is 16.5. The molecule has 0 radical (unpaired) electrons. The van der Waals surface area contributed by atoms with Crippen LogP contribution in [0, 0.1) is 0 Å². The van der Waals surface area contributed by atoms with Gasteiger partial charge in [0, 0.05) is 13.1 Å². The van der Waals surface area contributed by atoms with Crippen LogP contribution in [0.2, 0.25) is 0 Å². The van der Waals surface area contributed by atoms with Gasteiger partial charge in [-0.15, -0.1) is 0 Å². The molecular weight excluding hydrogens is 268 g/mol. The number of anilines is 1. The zero-order chi connectivity index (χ0) is 15.7. The van der Waals surface area contributed by atoms with Gasteiger partial charge in [-0.1, -0.05) is 26.0 Å². The predicted molar refractivity (Wildman–Crippen MR) is 83.6 cm³/mol. The average molecular weight is 292 g/mol. The van der Waals surface area contributed by atoms with Crippen molar-refractivity contribution in [1.82, 2.24) is 4.90 Å². The van der Waals surface area contributed by atoms with E-state index in [1.54, 1.807) is 36.1 Å². The third-order valence-corrected chi connectivity index (χ3v) is 2.94. The Bertz CT molecular complexity index is 468. The third kappa shape index (κ3) is 5.10. The van der Waals surface area contributed by atoms with Crippen LogP contribution in [0.1, 0.15) is 44.0 Å². The highest BCUT2D eigenvalue weighted by Crippen LogP contribution is 2.17. The molecule has 0 aliphatic carbocycles. The van der Waals surface area contributed by atoms with Gasteiger partial charge in [0.2, 0.25) is 0 Å². The molecule has 1 N–H and O–H groups in total. The molecule has 2 amide bonds. The van der Waals surface area contributed by atoms with E-state index in [9.17, 15) is 9.59 Å². The van der Waals surface area contributed by atoms with Gasteiger partial charge in [0.05, 0.1) is 17.9 Å². The minimum Gasteiger partial charge on any atom is -0.462 e. The summed E-state index contributed by atoms with van der Waals surface area (Å²) < 4.78 is 5.00. The number of carbonyl (C=O) groups excluding carboxylic acids is 2. The van der Waals surface area contributed by atoms with Crippen molar-refractivity contribution >= 4 is 17.7 Å². The Morgan fingerprint density at radius 3 is 2.29 bits per heavy atom. The maximum Gasteiger partial charge on any atom is 0.340 e. The van der Waals surface area contributed by atoms with Gasteiger partial charge in [0.1, 0.15) is 0 Å². The molecule has 0 saturated carbocycles. The Labute approximate surface area is 126 Å². The van der Waals surface area contributed by atoms with Crippen LogP contribution in [-0.2, 0) is 4.74 Å². The molecule has 5 heteroatoms. The van der Waals surface area contributed by atoms with Gasteiger partial charge < -0.3 is 15.0 Å². The zero-order valence-corrected chi connectivity index (χ0v) is 13.0. The van der Waals surface area contributed by atoms with E-state index in [2.05, 4.69) is 5.32 Å². The number of hydrogen-bond acceptors (Lipinski definition) is 3. The van der Waals surface area contributed by atoms with Crippen molar-refractivity contribution in [2.24, 2.45) is 0 Å². The van der Waals surface area contributed by atoms with Gasteiger partial charge in [-0.25, -0.2) is 9.59 Å². The van der Waals surface area contributed by atoms with Gasteiger partial charge in [-0.05, 0) is 31.9 Å². The number of benzene rings is 1. The summed E-state index contributed by atoms with van der Waals surface area (Å²) in [5.41, 5.74) is 0.860. The highest BCUT2D eigenvalue weighted by Gasteiger charge is 2.16. The summed E-state index contributed by atoms with van der Waals surface area (Å²) in [7, 11) is 0. The molecule has 0 aliphatic heterocycles. The second kappa shape index (κ2) is 9.00. The summed E-state index contributed by atoms with van der Waals surface area (Å²) in [6.07, 6.45) is 1.79. The molecule has 1 aromatic carbocycles. The Balaban J connectivity index is 2.86. The fourth-order valence-corrected chi connectivity index (χ4v) is 2.03. The Kier molecular flexibility index (Phi) is 7.29. The molecule has 0 fully saturated rings. The largest absolute Gasteiger partial charge is 0.462 e. The molecule has 0 unspecified atom stereocenters. The predicted octanol–water partition coefficient (Wildman–Crippen LogP) is 3.52. The smallest absolute Gasteiger partial charge is 0.340 e. The lowest BCUT2D eigenvalue weighted by atomic mass is 10.2. The lowest BCUT2D eigenvalue weighted by Crippen LogP contribution is -2.36. The fraction of sp³-hybridized carbons (Fsp3) is 0.500. The number of para-hydroxylation sites is 1. The summed E-state index contributed by atoms with van der Waals surface area (Å²) in [4.78, 5) is 25.9. The lowest BCUT2D eigenvalue weighted by molar-refractivity contribution is 0.0527. The molecule has 21 heavy (non-hydrogen) atoms. The van der Waals surface area contributed by atoms with Crippen LogP contribution in [0.15, 0.2) is 24.3 Å². The Morgan fingerprint density at radius 1 is 1.10 bits per heavy atom. The van der Waals surface area contributed by atoms with Crippen molar-refractivity contribution in [3.63, 3.8) is 0 Å². The summed E-state index contributed by atoms with van der Waals surface area (Å²) in [5.74, 6) is -0.425. The van der Waals surface area contributed by atoms with Crippen LogP contribution in [-0.4, -0.2) is 36.6 Å². The van der Waals surface area contributed by atoms with Crippen molar-refractivity contribution in [3.05, 3.63) is 29.8 Å². The summed E-state index contributed by atoms with van der Waals surface area (Å²) >= 11 is 0. The number of amides is 2. The maximum absolute atomic E-state index is 12.3. The Morgan fingerprint density at radius 2 is 1.71 bits per heavy atom. The molecular formula is C16H24N2O3. The van der Waals surface area contributed by atoms with Crippen LogP contribution in [0.4, 0.5) is 10.5 Å². The van der Waals surface area contributed by atoms with Crippen molar-refractivity contribution in [2.45, 2.75) is 33.6 Å². The van der Waals surface area contributed by atoms with Gasteiger partial charge in [0.25, 0.3) is 0 Å². The van der Waals surface area contributed by atoms with E-state index in [4.69, 9.17) is 4.74 Å². The van der Waals surface area contributed by atoms with Crippen molar-refractivity contribution < 1.29 is 14.3 Å². The monoisotopic (exact) mass is 292 g/mol. The SMILES string of the molecule is CCCN(CCC)C(=O)Nc1ccccc1C(=O)OCC. The molecule has 0 bridgehead atoms. The first-order chi connectivity index (χ1) is 10.1. The lowest BCUT2D eigenvalue weighted by Gasteiger charge is -2.22. The number of ether oxygens (including phenoxy) is 1. The maximum atomic E-state index is 12.3. The summed E-state index contributed by atoms with van der Waals surface area (Å²) in [6.45, 7) is 7.51. The number of nitrogens with one attached hydrogen (secondary N) is 1. The molecule has 0 heterocycles. The van der Waals surface area contributed by atoms with Gasteiger partial charge in [-0.3, -0.25) is 0 Å². The third-order valence-electron chi connectivity index (χ3n) is 2.94. The van der Waals surface area contributed by atoms with Crippen molar-refractivity contribution in [2.75, 3.05) is 25.0 Å². The molecule has 0 aliphatic rings. The number of esters is 1. The first-order valence-electron chi connectivity index (χ1n) is 7.46. The van der Waals surface area contributed by atoms with Gasteiger partial charge in [-0.2, -0.15) is 0 Å². The van der Waals surface area contributed by atoms with Crippen LogP contribution < -0.4 is 5.32 Å². The quantitative estimate of drug-likeness (QED) is 0.782. The standard InChI is InChI=1S/C16H24N2O3/c1-4-11-18(12-5-2)16(20)17-14-10-8-7-9-13(14)15(19)21-6-3/h7-10H,4-6,11-12H2,1-3H3,(H,17,20). The first kappa shape index (κ1) is 17.0. The number of nitrogens with zero attached hydrogens (tertiary/aromatic N) is 1. The van der Waals surface area contributed by atoms with E-state index in [0.29, 0.717) is 30.9 Å². The van der Waals surface area contributed by atoms with Crippen molar-refractivity contribution in [3.8, 4) is 0 Å². The minimum absolute atomic E-state index is 0.185. The summed E-state index contributed by atoms with van der Waals surface area (Å²) in [6, 6.07) is 6.70. The Hall–Kier alpha value is -2.04. The minimum atomic E-state index is -0.425. The number of hydrogen-bond donors (Lipinski definition) is 1. The first-order valence-corrected chi connectivity index (χ1v) is 7.46. The van der Waals surface area contributed by atoms with Crippen LogP contribution in [0.3, 0.4) is 0 Å².